The van der Waals surface area contributed by atoms with Crippen molar-refractivity contribution in [2.45, 2.75) is 86.8 Å². The zero-order valence-electron chi connectivity index (χ0n) is 28.7. The predicted octanol–water partition coefficient (Wildman–Crippen LogP) is 9.95. The Kier molecular flexibility index (Phi) is 11.9. The number of rotatable bonds is 12. The maximum Gasteiger partial charge on any atom is 0.407 e. The van der Waals surface area contributed by atoms with Gasteiger partial charge in [0, 0.05) is 29.1 Å². The van der Waals surface area contributed by atoms with Crippen LogP contribution in [-0.4, -0.2) is 42.0 Å². The van der Waals surface area contributed by atoms with Crippen LogP contribution in [0, 0.1) is 27.7 Å². The largest absolute Gasteiger partial charge is 0.494 e. The summed E-state index contributed by atoms with van der Waals surface area (Å²) in [5, 5.41) is 5.12. The summed E-state index contributed by atoms with van der Waals surface area (Å²) in [6.07, 6.45) is 1.30. The third kappa shape index (κ3) is 8.62. The Balaban J connectivity index is 1.77. The number of esters is 1. The number of aryl methyl sites for hydroxylation is 6. The van der Waals surface area contributed by atoms with Gasteiger partial charge in [0.25, 0.3) is 0 Å². The molecule has 1 heterocycles. The quantitative estimate of drug-likeness (QED) is 0.119. The van der Waals surface area contributed by atoms with E-state index in [9.17, 15) is 9.59 Å². The zero-order chi connectivity index (χ0) is 34.5. The van der Waals surface area contributed by atoms with Gasteiger partial charge in [-0.3, -0.25) is 0 Å². The number of amides is 1. The van der Waals surface area contributed by atoms with Crippen LogP contribution >= 0.6 is 23.2 Å². The van der Waals surface area contributed by atoms with Crippen LogP contribution in [-0.2, 0) is 22.4 Å². The summed E-state index contributed by atoms with van der Waals surface area (Å²) in [6.45, 7) is 16.8. The number of hydrogen-bond donors (Lipinski definition) is 1. The van der Waals surface area contributed by atoms with Crippen LogP contribution in [0.1, 0.15) is 78.8 Å². The van der Waals surface area contributed by atoms with Gasteiger partial charge in [0.15, 0.2) is 0 Å². The van der Waals surface area contributed by atoms with Crippen LogP contribution < -0.4 is 10.1 Å². The third-order valence-electron chi connectivity index (χ3n) is 7.95. The first kappa shape index (κ1) is 36.2. The number of halogens is 2. The van der Waals surface area contributed by atoms with Crippen LogP contribution in [0.4, 0.5) is 4.79 Å². The maximum absolute atomic E-state index is 13.8. The summed E-state index contributed by atoms with van der Waals surface area (Å²) in [7, 11) is 0. The number of aromatic nitrogens is 1. The molecule has 0 bridgehead atoms. The van der Waals surface area contributed by atoms with Crippen molar-refractivity contribution in [1.82, 2.24) is 9.88 Å². The molecule has 0 aliphatic heterocycles. The van der Waals surface area contributed by atoms with Crippen LogP contribution in [0.5, 0.6) is 5.75 Å². The molecule has 252 valence electrons. The molecule has 0 fully saturated rings. The fraction of sp³-hybridized carbons (Fsp3) is 0.421. The monoisotopic (exact) mass is 680 g/mol. The highest BCUT2D eigenvalue weighted by Crippen LogP contribution is 2.42. The number of nitrogens with one attached hydrogen (secondary N) is 1. The minimum atomic E-state index is -0.599. The molecule has 0 unspecified atom stereocenters. The number of fused-ring (bicyclic) bond motifs is 1. The second-order valence-corrected chi connectivity index (χ2v) is 13.7. The number of carbonyl (C=O) groups excluding carboxylic acids is 2. The van der Waals surface area contributed by atoms with Gasteiger partial charge in [-0.05, 0) is 126 Å². The fourth-order valence-corrected chi connectivity index (χ4v) is 6.38. The molecule has 1 N–H and O–H groups in total. The number of ether oxygens (including phenoxy) is 3. The van der Waals surface area contributed by atoms with E-state index in [1.165, 1.54) is 0 Å². The van der Waals surface area contributed by atoms with Gasteiger partial charge in [-0.1, -0.05) is 47.5 Å². The summed E-state index contributed by atoms with van der Waals surface area (Å²) in [5.74, 6) is 0.367. The molecular formula is C38H46Cl2N2O5. The molecule has 1 aromatic heterocycles. The molecule has 0 saturated carbocycles. The van der Waals surface area contributed by atoms with Crippen LogP contribution in [0.15, 0.2) is 42.5 Å². The second kappa shape index (κ2) is 15.5. The average molecular weight is 682 g/mol. The maximum atomic E-state index is 13.8. The predicted molar refractivity (Wildman–Crippen MR) is 191 cm³/mol. The summed E-state index contributed by atoms with van der Waals surface area (Å²) in [6, 6.07) is 14.0. The second-order valence-electron chi connectivity index (χ2n) is 12.9. The molecule has 0 radical (unpaired) electrons. The lowest BCUT2D eigenvalue weighted by Gasteiger charge is -2.20. The standard InChI is InChI=1S/C38H46Cl2N2O5/c1-9-45-36(43)35-28(15-11-20-46-27-21-25(4)33(40)26(5)22-27)29-16-17-30(39)32(31-23(2)13-10-14-24(31)3)34(29)42(35)19-12-18-41-37(44)47-38(6,7)8/h10,13-14,16-17,21-22H,9,11-12,15,18-20H2,1-8H3,(H,41,44). The molecule has 4 aromatic rings. The van der Waals surface area contributed by atoms with Gasteiger partial charge >= 0.3 is 12.1 Å². The van der Waals surface area contributed by atoms with E-state index in [0.29, 0.717) is 49.7 Å². The summed E-state index contributed by atoms with van der Waals surface area (Å²) < 4.78 is 19.2. The number of alkyl carbamates (subject to hydrolysis) is 1. The molecule has 4 rings (SSSR count). The normalized spacial score (nSPS) is 11.5. The molecule has 47 heavy (non-hydrogen) atoms. The number of hydrogen-bond acceptors (Lipinski definition) is 5. The van der Waals surface area contributed by atoms with Gasteiger partial charge in [0.05, 0.1) is 23.8 Å². The van der Waals surface area contributed by atoms with Crippen molar-refractivity contribution in [3.63, 3.8) is 0 Å². The molecule has 0 atom stereocenters. The van der Waals surface area contributed by atoms with Crippen LogP contribution in [0.3, 0.4) is 0 Å². The van der Waals surface area contributed by atoms with E-state index in [0.717, 1.165) is 60.6 Å². The molecule has 0 aliphatic rings. The first-order valence-corrected chi connectivity index (χ1v) is 16.9. The van der Waals surface area contributed by atoms with Crippen molar-refractivity contribution >= 4 is 46.2 Å². The lowest BCUT2D eigenvalue weighted by molar-refractivity contribution is 0.0502. The molecular weight excluding hydrogens is 635 g/mol. The number of nitrogens with zero attached hydrogens (tertiary/aromatic N) is 1. The summed E-state index contributed by atoms with van der Waals surface area (Å²) >= 11 is 13.4. The Bertz CT molecular complexity index is 1730. The molecule has 0 spiro atoms. The summed E-state index contributed by atoms with van der Waals surface area (Å²) in [4.78, 5) is 26.1. The van der Waals surface area contributed by atoms with Gasteiger partial charge in [0.1, 0.15) is 17.0 Å². The fourth-order valence-electron chi connectivity index (χ4n) is 6.02. The smallest absolute Gasteiger partial charge is 0.407 e. The lowest BCUT2D eigenvalue weighted by atomic mass is 9.93. The van der Waals surface area contributed by atoms with Crippen molar-refractivity contribution < 1.29 is 23.8 Å². The molecule has 9 heteroatoms. The SMILES string of the molecule is CCOC(=O)c1c(CCCOc2cc(C)c(Cl)c(C)c2)c2ccc(Cl)c(-c3c(C)cccc3C)c2n1CCCNC(=O)OC(C)(C)C. The van der Waals surface area contributed by atoms with E-state index in [-0.39, 0.29) is 6.61 Å². The Morgan fingerprint density at radius 2 is 1.55 bits per heavy atom. The third-order valence-corrected chi connectivity index (χ3v) is 8.87. The van der Waals surface area contributed by atoms with Gasteiger partial charge in [-0.2, -0.15) is 0 Å². The molecule has 7 nitrogen and oxygen atoms in total. The van der Waals surface area contributed by atoms with Crippen molar-refractivity contribution in [2.75, 3.05) is 19.8 Å². The first-order valence-electron chi connectivity index (χ1n) is 16.2. The van der Waals surface area contributed by atoms with Crippen molar-refractivity contribution in [1.29, 1.82) is 0 Å². The van der Waals surface area contributed by atoms with E-state index in [1.807, 2.05) is 69.5 Å². The van der Waals surface area contributed by atoms with E-state index < -0.39 is 17.7 Å². The minimum absolute atomic E-state index is 0.239. The molecule has 0 aliphatic carbocycles. The van der Waals surface area contributed by atoms with Crippen LogP contribution in [0.25, 0.3) is 22.0 Å². The van der Waals surface area contributed by atoms with E-state index in [2.05, 4.69) is 31.3 Å². The Labute approximate surface area is 288 Å². The van der Waals surface area contributed by atoms with E-state index in [4.69, 9.17) is 37.4 Å². The zero-order valence-corrected chi connectivity index (χ0v) is 30.2. The number of carbonyl (C=O) groups is 2. The molecule has 1 amide bonds. The van der Waals surface area contributed by atoms with Gasteiger partial charge < -0.3 is 24.1 Å². The topological polar surface area (TPSA) is 78.8 Å². The average Bonchev–Trinajstić information content (AvgIpc) is 3.29. The molecule has 0 saturated heterocycles. The van der Waals surface area contributed by atoms with Crippen molar-refractivity contribution in [3.05, 3.63) is 86.0 Å². The highest BCUT2D eigenvalue weighted by molar-refractivity contribution is 6.35. The van der Waals surface area contributed by atoms with Gasteiger partial charge in [-0.15, -0.1) is 0 Å². The molecule has 3 aromatic carbocycles. The van der Waals surface area contributed by atoms with E-state index >= 15 is 0 Å². The van der Waals surface area contributed by atoms with E-state index in [1.54, 1.807) is 6.92 Å². The lowest BCUT2D eigenvalue weighted by Crippen LogP contribution is -2.33. The van der Waals surface area contributed by atoms with Crippen LogP contribution in [0.2, 0.25) is 10.0 Å². The van der Waals surface area contributed by atoms with Crippen molar-refractivity contribution in [2.24, 2.45) is 0 Å². The minimum Gasteiger partial charge on any atom is -0.494 e. The number of benzene rings is 3. The van der Waals surface area contributed by atoms with Gasteiger partial charge in [0.2, 0.25) is 0 Å². The highest BCUT2D eigenvalue weighted by atomic mass is 35.5. The Morgan fingerprint density at radius 1 is 0.894 bits per heavy atom. The van der Waals surface area contributed by atoms with Gasteiger partial charge in [-0.25, -0.2) is 9.59 Å². The first-order chi connectivity index (χ1) is 22.2. The highest BCUT2D eigenvalue weighted by Gasteiger charge is 2.27. The Hall–Kier alpha value is -3.68. The van der Waals surface area contributed by atoms with Crippen molar-refractivity contribution in [3.8, 4) is 16.9 Å². The summed E-state index contributed by atoms with van der Waals surface area (Å²) in [5.41, 5.74) is 7.65. The Morgan fingerprint density at radius 3 is 2.17 bits per heavy atom.